The number of aliphatic hydroxyl groups excluding tert-OH is 1. The summed E-state index contributed by atoms with van der Waals surface area (Å²) in [6.07, 6.45) is 59.5. The van der Waals surface area contributed by atoms with E-state index in [-0.39, 0.29) is 25.7 Å². The van der Waals surface area contributed by atoms with E-state index in [1.807, 2.05) is 0 Å². The molecule has 0 aromatic heterocycles. The Morgan fingerprint density at radius 3 is 0.708 bits per heavy atom. The Balaban J connectivity index is 5.24. The highest BCUT2D eigenvalue weighted by molar-refractivity contribution is 7.47. The number of phosphoric acid groups is 2. The highest BCUT2D eigenvalue weighted by atomic mass is 31.2. The second-order valence-corrected chi connectivity index (χ2v) is 31.1. The molecule has 0 bridgehead atoms. The lowest BCUT2D eigenvalue weighted by Gasteiger charge is -2.21. The van der Waals surface area contributed by atoms with Crippen molar-refractivity contribution in [2.24, 2.45) is 5.92 Å². The first kappa shape index (κ1) is 94.1. The SMILES string of the molecule is CCCCCCCCCCCCCCCCCC(=O)OC[C@H](COP(=O)(O)OC[C@@H](O)COP(=O)(O)OC[C@@H](COC(=O)CCCCCCCCCCCC)OC(=O)CCCCCCCCCCCCCCCCC)OC(=O)CCCCCCCCCCCCCCCC(C)C. The Kier molecular flexibility index (Phi) is 68.7. The summed E-state index contributed by atoms with van der Waals surface area (Å²) >= 11 is 0. The molecule has 0 amide bonds. The molecule has 2 unspecified atom stereocenters. The van der Waals surface area contributed by atoms with E-state index in [2.05, 4.69) is 34.6 Å². The van der Waals surface area contributed by atoms with Gasteiger partial charge in [0.05, 0.1) is 26.4 Å². The highest BCUT2D eigenvalue weighted by Gasteiger charge is 2.30. The molecule has 0 aromatic carbocycles. The highest BCUT2D eigenvalue weighted by Crippen LogP contribution is 2.45. The van der Waals surface area contributed by atoms with Crippen LogP contribution in [0.1, 0.15) is 407 Å². The summed E-state index contributed by atoms with van der Waals surface area (Å²) in [7, 11) is -9.91. The van der Waals surface area contributed by atoms with Crippen LogP contribution in [0.3, 0.4) is 0 Å². The molecule has 17 nitrogen and oxygen atoms in total. The van der Waals surface area contributed by atoms with Gasteiger partial charge >= 0.3 is 39.5 Å². The molecule has 570 valence electrons. The van der Waals surface area contributed by atoms with E-state index in [1.165, 1.54) is 231 Å². The molecular weight excluding hydrogens is 1260 g/mol. The third-order valence-corrected chi connectivity index (χ3v) is 19.9. The van der Waals surface area contributed by atoms with Gasteiger partial charge in [0.15, 0.2) is 12.2 Å². The molecule has 0 rings (SSSR count). The van der Waals surface area contributed by atoms with Crippen molar-refractivity contribution in [3.8, 4) is 0 Å². The minimum absolute atomic E-state index is 0.108. The molecule has 0 heterocycles. The summed E-state index contributed by atoms with van der Waals surface area (Å²) in [5.74, 6) is -1.32. The van der Waals surface area contributed by atoms with E-state index in [0.29, 0.717) is 25.7 Å². The molecule has 19 heteroatoms. The second kappa shape index (κ2) is 70.1. The van der Waals surface area contributed by atoms with Crippen LogP contribution in [-0.2, 0) is 65.4 Å². The summed E-state index contributed by atoms with van der Waals surface area (Å²) < 4.78 is 68.6. The summed E-state index contributed by atoms with van der Waals surface area (Å²) in [6, 6.07) is 0. The van der Waals surface area contributed by atoms with Crippen LogP contribution in [0.5, 0.6) is 0 Å². The van der Waals surface area contributed by atoms with Crippen molar-refractivity contribution < 1.29 is 80.2 Å². The smallest absolute Gasteiger partial charge is 0.462 e. The first-order chi connectivity index (χ1) is 46.5. The van der Waals surface area contributed by atoms with E-state index >= 15 is 0 Å². The van der Waals surface area contributed by atoms with Crippen LogP contribution in [0.25, 0.3) is 0 Å². The number of carbonyl (C=O) groups excluding carboxylic acids is 4. The lowest BCUT2D eigenvalue weighted by Crippen LogP contribution is -2.30. The van der Waals surface area contributed by atoms with E-state index in [1.54, 1.807) is 0 Å². The molecule has 0 aliphatic heterocycles. The average molecular weight is 1410 g/mol. The Morgan fingerprint density at radius 1 is 0.281 bits per heavy atom. The molecule has 0 fully saturated rings. The quantitative estimate of drug-likeness (QED) is 0.0222. The average Bonchev–Trinajstić information content (AvgIpc) is 1.78. The maximum absolute atomic E-state index is 13.1. The molecule has 0 radical (unpaired) electrons. The molecule has 0 saturated heterocycles. The van der Waals surface area contributed by atoms with E-state index < -0.39 is 97.5 Å². The van der Waals surface area contributed by atoms with Crippen LogP contribution in [0, 0.1) is 5.92 Å². The number of hydrogen-bond donors (Lipinski definition) is 3. The van der Waals surface area contributed by atoms with Crippen LogP contribution in [0.2, 0.25) is 0 Å². The van der Waals surface area contributed by atoms with Crippen molar-refractivity contribution in [2.75, 3.05) is 39.6 Å². The fraction of sp³-hybridized carbons (Fsp3) is 0.948. The number of unbranched alkanes of at least 4 members (excludes halogenated alkanes) is 49. The zero-order valence-electron chi connectivity index (χ0n) is 62.5. The Bertz CT molecular complexity index is 1840. The van der Waals surface area contributed by atoms with Gasteiger partial charge < -0.3 is 33.8 Å². The van der Waals surface area contributed by atoms with Crippen LogP contribution < -0.4 is 0 Å². The molecule has 5 atom stereocenters. The molecule has 96 heavy (non-hydrogen) atoms. The number of phosphoric ester groups is 2. The Labute approximate surface area is 588 Å². The molecule has 0 aliphatic carbocycles. The summed E-state index contributed by atoms with van der Waals surface area (Å²) in [5, 5.41) is 10.6. The predicted molar refractivity (Wildman–Crippen MR) is 391 cm³/mol. The first-order valence-corrected chi connectivity index (χ1v) is 43.1. The van der Waals surface area contributed by atoms with Crippen molar-refractivity contribution in [3.63, 3.8) is 0 Å². The minimum Gasteiger partial charge on any atom is -0.462 e. The van der Waals surface area contributed by atoms with Crippen molar-refractivity contribution in [3.05, 3.63) is 0 Å². The van der Waals surface area contributed by atoms with Gasteiger partial charge in [0.2, 0.25) is 0 Å². The van der Waals surface area contributed by atoms with Crippen LogP contribution >= 0.6 is 15.6 Å². The van der Waals surface area contributed by atoms with Gasteiger partial charge in [-0.25, -0.2) is 9.13 Å². The van der Waals surface area contributed by atoms with Crippen LogP contribution in [0.4, 0.5) is 0 Å². The fourth-order valence-electron chi connectivity index (χ4n) is 11.9. The molecule has 0 aromatic rings. The maximum atomic E-state index is 13.1. The Morgan fingerprint density at radius 2 is 0.479 bits per heavy atom. The third-order valence-electron chi connectivity index (χ3n) is 18.0. The maximum Gasteiger partial charge on any atom is 0.472 e. The van der Waals surface area contributed by atoms with E-state index in [9.17, 15) is 43.2 Å². The topological polar surface area (TPSA) is 237 Å². The molecule has 0 saturated carbocycles. The van der Waals surface area contributed by atoms with Gasteiger partial charge in [0, 0.05) is 25.7 Å². The van der Waals surface area contributed by atoms with Crippen LogP contribution in [-0.4, -0.2) is 96.7 Å². The van der Waals surface area contributed by atoms with Crippen LogP contribution in [0.15, 0.2) is 0 Å². The number of aliphatic hydroxyl groups is 1. The van der Waals surface area contributed by atoms with Crippen molar-refractivity contribution in [1.29, 1.82) is 0 Å². The number of esters is 4. The zero-order valence-corrected chi connectivity index (χ0v) is 64.3. The van der Waals surface area contributed by atoms with Gasteiger partial charge in [-0.3, -0.25) is 37.3 Å². The standard InChI is InChI=1S/C77H150O17P2/c1-6-9-12-15-18-21-24-26-28-32-36-41-46-51-56-61-75(80)88-67-73(94-77(82)63-58-53-48-43-38-34-30-31-35-39-44-49-54-59-70(4)5)69-92-96(85,86)90-65-71(78)64-89-95(83,84)91-68-72(66-87-74(79)60-55-50-45-40-23-20-17-14-11-8-3)93-76(81)62-57-52-47-42-37-33-29-27-25-22-19-16-13-10-7-2/h70-73,78H,6-69H2,1-5H3,(H,83,84)(H,85,86)/t71-,72+,73+/m0/s1. The summed E-state index contributed by atoms with van der Waals surface area (Å²) in [4.78, 5) is 72.9. The van der Waals surface area contributed by atoms with Gasteiger partial charge in [-0.2, -0.15) is 0 Å². The van der Waals surface area contributed by atoms with E-state index in [0.717, 1.165) is 95.8 Å². The molecule has 3 N–H and O–H groups in total. The second-order valence-electron chi connectivity index (χ2n) is 28.2. The molecule has 0 aliphatic rings. The van der Waals surface area contributed by atoms with Crippen molar-refractivity contribution >= 4 is 39.5 Å². The summed E-state index contributed by atoms with van der Waals surface area (Å²) in [6.45, 7) is 7.32. The number of carbonyl (C=O) groups is 4. The monoisotopic (exact) mass is 1410 g/mol. The van der Waals surface area contributed by atoms with Gasteiger partial charge in [0.25, 0.3) is 0 Å². The Hall–Kier alpha value is -1.94. The predicted octanol–water partition coefficient (Wildman–Crippen LogP) is 22.9. The lowest BCUT2D eigenvalue weighted by molar-refractivity contribution is -0.161. The van der Waals surface area contributed by atoms with Crippen molar-refractivity contribution in [2.45, 2.75) is 425 Å². The van der Waals surface area contributed by atoms with Gasteiger partial charge in [-0.05, 0) is 31.6 Å². The molecule has 0 spiro atoms. The fourth-order valence-corrected chi connectivity index (χ4v) is 13.5. The number of ether oxygens (including phenoxy) is 4. The number of hydrogen-bond acceptors (Lipinski definition) is 15. The van der Waals surface area contributed by atoms with Crippen molar-refractivity contribution in [1.82, 2.24) is 0 Å². The van der Waals surface area contributed by atoms with Gasteiger partial charge in [-0.15, -0.1) is 0 Å². The first-order valence-electron chi connectivity index (χ1n) is 40.1. The minimum atomic E-state index is -4.96. The van der Waals surface area contributed by atoms with Gasteiger partial charge in [0.1, 0.15) is 19.3 Å². The normalized spacial score (nSPS) is 13.9. The summed E-state index contributed by atoms with van der Waals surface area (Å²) in [5.41, 5.74) is 0. The number of rotatable bonds is 77. The lowest BCUT2D eigenvalue weighted by atomic mass is 10.0. The van der Waals surface area contributed by atoms with Gasteiger partial charge in [-0.1, -0.05) is 356 Å². The molecular formula is C77H150O17P2. The zero-order chi connectivity index (χ0) is 70.5. The third kappa shape index (κ3) is 70.5. The van der Waals surface area contributed by atoms with E-state index in [4.69, 9.17) is 37.0 Å². The largest absolute Gasteiger partial charge is 0.472 e.